The predicted molar refractivity (Wildman–Crippen MR) is 92.1 cm³/mol. The van der Waals surface area contributed by atoms with Crippen LogP contribution in [0.3, 0.4) is 0 Å². The molecule has 1 N–H and O–H groups in total. The van der Waals surface area contributed by atoms with Crippen LogP contribution < -0.4 is 5.32 Å². The molecule has 0 unspecified atom stereocenters. The molecule has 2 aromatic heterocycles. The third-order valence-corrected chi connectivity index (χ3v) is 5.07. The number of aryl methyl sites for hydroxylation is 1. The van der Waals surface area contributed by atoms with Crippen LogP contribution in [0.5, 0.6) is 0 Å². The van der Waals surface area contributed by atoms with Gasteiger partial charge in [-0.2, -0.15) is 5.10 Å². The summed E-state index contributed by atoms with van der Waals surface area (Å²) >= 11 is 1.39. The number of nitrogens with one attached hydrogen (secondary N) is 1. The molecule has 0 radical (unpaired) electrons. The van der Waals surface area contributed by atoms with Gasteiger partial charge in [0.1, 0.15) is 12.2 Å². The van der Waals surface area contributed by atoms with E-state index in [0.717, 1.165) is 28.6 Å². The van der Waals surface area contributed by atoms with Gasteiger partial charge in [-0.1, -0.05) is 17.4 Å². The van der Waals surface area contributed by atoms with Gasteiger partial charge in [0.25, 0.3) is 6.43 Å². The average molecular weight is 362 g/mol. The number of thiazole rings is 1. The molecule has 1 aliphatic rings. The molecule has 0 aliphatic heterocycles. The lowest BCUT2D eigenvalue weighted by Crippen LogP contribution is -2.20. The minimum absolute atomic E-state index is 0.0898. The molecule has 1 fully saturated rings. The number of aromatic nitrogens is 3. The predicted octanol–water partition coefficient (Wildman–Crippen LogP) is 4.25. The SMILES string of the molecule is Cc1ccc2nc(NC(=O)Cn3nc(C(F)F)cc3C3CC3)sc2c1. The van der Waals surface area contributed by atoms with Crippen LogP contribution in [-0.4, -0.2) is 20.7 Å². The summed E-state index contributed by atoms with van der Waals surface area (Å²) in [4.78, 5) is 16.7. The number of carbonyl (C=O) groups excluding carboxylic acids is 1. The molecule has 1 saturated carbocycles. The number of fused-ring (bicyclic) bond motifs is 1. The Balaban J connectivity index is 1.51. The Labute approximate surface area is 146 Å². The summed E-state index contributed by atoms with van der Waals surface area (Å²) in [6.45, 7) is 1.91. The molecule has 5 nitrogen and oxygen atoms in total. The molecule has 0 spiro atoms. The summed E-state index contributed by atoms with van der Waals surface area (Å²) < 4.78 is 28.2. The number of benzene rings is 1. The zero-order valence-electron chi connectivity index (χ0n) is 13.5. The van der Waals surface area contributed by atoms with E-state index in [-0.39, 0.29) is 24.1 Å². The maximum absolute atomic E-state index is 12.9. The van der Waals surface area contributed by atoms with Gasteiger partial charge < -0.3 is 5.32 Å². The van der Waals surface area contributed by atoms with Crippen molar-refractivity contribution in [1.29, 1.82) is 0 Å². The van der Waals surface area contributed by atoms with E-state index >= 15 is 0 Å². The van der Waals surface area contributed by atoms with E-state index in [2.05, 4.69) is 15.4 Å². The number of hydrogen-bond acceptors (Lipinski definition) is 4. The molecule has 2 heterocycles. The number of nitrogens with zero attached hydrogens (tertiary/aromatic N) is 3. The first-order chi connectivity index (χ1) is 12.0. The Hall–Kier alpha value is -2.35. The number of alkyl halides is 2. The molecule has 130 valence electrons. The second-order valence-electron chi connectivity index (χ2n) is 6.27. The fourth-order valence-electron chi connectivity index (χ4n) is 2.77. The molecule has 0 bridgehead atoms. The van der Waals surface area contributed by atoms with E-state index in [1.54, 1.807) is 0 Å². The Morgan fingerprint density at radius 2 is 2.20 bits per heavy atom. The standard InChI is InChI=1S/C17H16F2N4OS/c1-9-2-5-11-14(6-9)25-17(20-11)21-15(24)8-23-13(10-3-4-10)7-12(22-23)16(18)19/h2,5-7,10,16H,3-4,8H2,1H3,(H,20,21,24). The van der Waals surface area contributed by atoms with Crippen LogP contribution in [0.1, 0.15) is 42.1 Å². The first-order valence-electron chi connectivity index (χ1n) is 8.02. The topological polar surface area (TPSA) is 59.8 Å². The lowest BCUT2D eigenvalue weighted by atomic mass is 10.2. The van der Waals surface area contributed by atoms with Crippen molar-refractivity contribution in [2.24, 2.45) is 0 Å². The van der Waals surface area contributed by atoms with Crippen LogP contribution in [0, 0.1) is 6.92 Å². The van der Waals surface area contributed by atoms with E-state index in [1.807, 2.05) is 25.1 Å². The second kappa shape index (κ2) is 6.18. The number of rotatable bonds is 5. The zero-order valence-corrected chi connectivity index (χ0v) is 14.3. The molecular weight excluding hydrogens is 346 g/mol. The highest BCUT2D eigenvalue weighted by atomic mass is 32.1. The summed E-state index contributed by atoms with van der Waals surface area (Å²) in [7, 11) is 0. The summed E-state index contributed by atoms with van der Waals surface area (Å²) in [5.41, 5.74) is 2.39. The molecule has 3 aromatic rings. The summed E-state index contributed by atoms with van der Waals surface area (Å²) in [6.07, 6.45) is -0.727. The van der Waals surface area contributed by atoms with Gasteiger partial charge in [0.05, 0.1) is 10.2 Å². The second-order valence-corrected chi connectivity index (χ2v) is 7.30. The van der Waals surface area contributed by atoms with Crippen molar-refractivity contribution in [1.82, 2.24) is 14.8 Å². The smallest absolute Gasteiger partial charge is 0.282 e. The molecule has 8 heteroatoms. The van der Waals surface area contributed by atoms with E-state index in [0.29, 0.717) is 10.8 Å². The number of anilines is 1. The maximum atomic E-state index is 12.9. The van der Waals surface area contributed by atoms with E-state index in [1.165, 1.54) is 22.1 Å². The molecule has 4 rings (SSSR count). The van der Waals surface area contributed by atoms with Crippen LogP contribution >= 0.6 is 11.3 Å². The van der Waals surface area contributed by atoms with Gasteiger partial charge >= 0.3 is 0 Å². The third kappa shape index (κ3) is 3.39. The lowest BCUT2D eigenvalue weighted by molar-refractivity contribution is -0.117. The van der Waals surface area contributed by atoms with Gasteiger partial charge in [-0.15, -0.1) is 0 Å². The van der Waals surface area contributed by atoms with Crippen molar-refractivity contribution in [2.75, 3.05) is 5.32 Å². The molecule has 0 atom stereocenters. The summed E-state index contributed by atoms with van der Waals surface area (Å²) in [5, 5.41) is 7.14. The maximum Gasteiger partial charge on any atom is 0.282 e. The fraction of sp³-hybridized carbons (Fsp3) is 0.353. The Morgan fingerprint density at radius 1 is 1.40 bits per heavy atom. The summed E-state index contributed by atoms with van der Waals surface area (Å²) in [6, 6.07) is 7.29. The Kier molecular flexibility index (Phi) is 3.99. The number of halogens is 2. The molecule has 25 heavy (non-hydrogen) atoms. The average Bonchev–Trinajstić information content (AvgIpc) is 3.18. The van der Waals surface area contributed by atoms with Crippen molar-refractivity contribution >= 4 is 32.6 Å². The van der Waals surface area contributed by atoms with E-state index in [4.69, 9.17) is 0 Å². The van der Waals surface area contributed by atoms with Gasteiger partial charge in [-0.25, -0.2) is 13.8 Å². The fourth-order valence-corrected chi connectivity index (χ4v) is 3.75. The Morgan fingerprint density at radius 3 is 2.92 bits per heavy atom. The minimum Gasteiger partial charge on any atom is -0.300 e. The summed E-state index contributed by atoms with van der Waals surface area (Å²) in [5.74, 6) is -0.0835. The number of hydrogen-bond donors (Lipinski definition) is 1. The largest absolute Gasteiger partial charge is 0.300 e. The van der Waals surface area contributed by atoms with Crippen molar-refractivity contribution in [3.05, 3.63) is 41.2 Å². The lowest BCUT2D eigenvalue weighted by Gasteiger charge is -2.06. The van der Waals surface area contributed by atoms with Gasteiger partial charge in [-0.3, -0.25) is 9.48 Å². The van der Waals surface area contributed by atoms with Crippen molar-refractivity contribution in [2.45, 2.75) is 38.7 Å². The van der Waals surface area contributed by atoms with Crippen LogP contribution in [0.15, 0.2) is 24.3 Å². The highest BCUT2D eigenvalue weighted by Crippen LogP contribution is 2.41. The molecule has 0 saturated heterocycles. The van der Waals surface area contributed by atoms with E-state index < -0.39 is 6.43 Å². The van der Waals surface area contributed by atoms with Crippen molar-refractivity contribution < 1.29 is 13.6 Å². The normalized spacial score (nSPS) is 14.4. The third-order valence-electron chi connectivity index (χ3n) is 4.13. The van der Waals surface area contributed by atoms with Gasteiger partial charge in [0.2, 0.25) is 5.91 Å². The highest BCUT2D eigenvalue weighted by molar-refractivity contribution is 7.22. The van der Waals surface area contributed by atoms with Crippen molar-refractivity contribution in [3.63, 3.8) is 0 Å². The number of carbonyl (C=O) groups is 1. The molecular formula is C17H16F2N4OS. The zero-order chi connectivity index (χ0) is 17.6. The van der Waals surface area contributed by atoms with Gasteiger partial charge in [0.15, 0.2) is 5.13 Å². The van der Waals surface area contributed by atoms with Crippen LogP contribution in [0.2, 0.25) is 0 Å². The van der Waals surface area contributed by atoms with Crippen LogP contribution in [0.25, 0.3) is 10.2 Å². The molecule has 1 aliphatic carbocycles. The Bertz CT molecular complexity index is 945. The quantitative estimate of drug-likeness (QED) is 0.738. The molecule has 1 amide bonds. The van der Waals surface area contributed by atoms with Crippen LogP contribution in [-0.2, 0) is 11.3 Å². The van der Waals surface area contributed by atoms with Crippen molar-refractivity contribution in [3.8, 4) is 0 Å². The first kappa shape index (κ1) is 16.1. The monoisotopic (exact) mass is 362 g/mol. The van der Waals surface area contributed by atoms with Crippen LogP contribution in [0.4, 0.5) is 13.9 Å². The highest BCUT2D eigenvalue weighted by Gasteiger charge is 2.30. The first-order valence-corrected chi connectivity index (χ1v) is 8.84. The minimum atomic E-state index is -2.63. The molecule has 1 aromatic carbocycles. The van der Waals surface area contributed by atoms with Gasteiger partial charge in [-0.05, 0) is 43.5 Å². The van der Waals surface area contributed by atoms with E-state index in [9.17, 15) is 13.6 Å². The number of amides is 1. The van der Waals surface area contributed by atoms with Gasteiger partial charge in [0, 0.05) is 11.6 Å².